The standard InChI is InChI=1S/C16H19N5O2/c1-10-18-14(9-23-10)16(22)17-6-11-7-21(8-11)15-5-12-3-2-4-13(12)19-20-15/h5,9,11H,2-4,6-8H2,1H3,(H,17,22). The van der Waals surface area contributed by atoms with Crippen LogP contribution >= 0.6 is 0 Å². The number of carbonyl (C=O) groups is 1. The maximum absolute atomic E-state index is 11.9. The van der Waals surface area contributed by atoms with Gasteiger partial charge in [-0.1, -0.05) is 0 Å². The summed E-state index contributed by atoms with van der Waals surface area (Å²) in [4.78, 5) is 18.1. The van der Waals surface area contributed by atoms with Crippen LogP contribution in [0.2, 0.25) is 0 Å². The lowest BCUT2D eigenvalue weighted by Crippen LogP contribution is -2.52. The van der Waals surface area contributed by atoms with Crippen LogP contribution in [0.15, 0.2) is 16.7 Å². The topological polar surface area (TPSA) is 84.2 Å². The van der Waals surface area contributed by atoms with E-state index in [9.17, 15) is 4.79 Å². The van der Waals surface area contributed by atoms with E-state index in [2.05, 4.69) is 31.5 Å². The average molecular weight is 313 g/mol. The van der Waals surface area contributed by atoms with E-state index in [-0.39, 0.29) is 5.91 Å². The summed E-state index contributed by atoms with van der Waals surface area (Å²) in [6, 6.07) is 2.17. The predicted molar refractivity (Wildman–Crippen MR) is 83.3 cm³/mol. The molecule has 0 unspecified atom stereocenters. The molecule has 1 saturated heterocycles. The van der Waals surface area contributed by atoms with Gasteiger partial charge in [-0.05, 0) is 30.9 Å². The first-order valence-corrected chi connectivity index (χ1v) is 8.00. The van der Waals surface area contributed by atoms with Gasteiger partial charge in [0.1, 0.15) is 6.26 Å². The van der Waals surface area contributed by atoms with Crippen LogP contribution in [0.25, 0.3) is 0 Å². The van der Waals surface area contributed by atoms with Gasteiger partial charge >= 0.3 is 0 Å². The van der Waals surface area contributed by atoms with Crippen LogP contribution in [0.4, 0.5) is 5.82 Å². The third-order valence-electron chi connectivity index (χ3n) is 4.49. The number of nitrogens with zero attached hydrogens (tertiary/aromatic N) is 4. The number of rotatable bonds is 4. The van der Waals surface area contributed by atoms with Crippen LogP contribution in [-0.2, 0) is 12.8 Å². The number of aryl methyl sites for hydroxylation is 3. The molecular formula is C16H19N5O2. The Morgan fingerprint density at radius 1 is 1.39 bits per heavy atom. The molecule has 0 spiro atoms. The molecule has 7 heteroatoms. The molecule has 0 saturated carbocycles. The quantitative estimate of drug-likeness (QED) is 0.911. The Labute approximate surface area is 134 Å². The molecule has 2 aliphatic rings. The van der Waals surface area contributed by atoms with Crippen molar-refractivity contribution in [3.05, 3.63) is 35.2 Å². The minimum atomic E-state index is -0.183. The smallest absolute Gasteiger partial charge is 0.273 e. The highest BCUT2D eigenvalue weighted by Crippen LogP contribution is 2.26. The third kappa shape index (κ3) is 2.78. The zero-order valence-electron chi connectivity index (χ0n) is 13.1. The molecule has 1 aliphatic carbocycles. The molecule has 2 aromatic heterocycles. The van der Waals surface area contributed by atoms with Crippen LogP contribution in [0.3, 0.4) is 0 Å². The summed E-state index contributed by atoms with van der Waals surface area (Å²) >= 11 is 0. The SMILES string of the molecule is Cc1nc(C(=O)NCC2CN(c3cc4c(nn3)CCC4)C2)co1. The van der Waals surface area contributed by atoms with Crippen molar-refractivity contribution in [2.24, 2.45) is 5.92 Å². The number of anilines is 1. The second kappa shape index (κ2) is 5.64. The van der Waals surface area contributed by atoms with E-state index in [1.807, 2.05) is 0 Å². The molecule has 0 aromatic carbocycles. The van der Waals surface area contributed by atoms with Crippen molar-refractivity contribution in [2.45, 2.75) is 26.2 Å². The lowest BCUT2D eigenvalue weighted by molar-refractivity contribution is 0.0939. The summed E-state index contributed by atoms with van der Waals surface area (Å²) in [5.74, 6) is 1.71. The molecule has 2 aromatic rings. The van der Waals surface area contributed by atoms with E-state index in [0.29, 0.717) is 24.0 Å². The van der Waals surface area contributed by atoms with Crippen molar-refractivity contribution in [3.63, 3.8) is 0 Å². The summed E-state index contributed by atoms with van der Waals surface area (Å²) in [6.07, 6.45) is 4.74. The number of carbonyl (C=O) groups excluding carboxylic acids is 1. The molecule has 120 valence electrons. The summed E-state index contributed by atoms with van der Waals surface area (Å²) in [5.41, 5.74) is 2.83. The van der Waals surface area contributed by atoms with Crippen molar-refractivity contribution in [1.29, 1.82) is 0 Å². The van der Waals surface area contributed by atoms with Gasteiger partial charge in [0, 0.05) is 32.5 Å². The van der Waals surface area contributed by atoms with Gasteiger partial charge in [-0.2, -0.15) is 5.10 Å². The lowest BCUT2D eigenvalue weighted by atomic mass is 10.00. The molecule has 1 fully saturated rings. The highest BCUT2D eigenvalue weighted by Gasteiger charge is 2.29. The molecule has 1 N–H and O–H groups in total. The lowest BCUT2D eigenvalue weighted by Gasteiger charge is -2.40. The van der Waals surface area contributed by atoms with Crippen molar-refractivity contribution >= 4 is 11.7 Å². The molecule has 7 nitrogen and oxygen atoms in total. The Morgan fingerprint density at radius 2 is 2.26 bits per heavy atom. The van der Waals surface area contributed by atoms with Crippen LogP contribution in [0.5, 0.6) is 0 Å². The van der Waals surface area contributed by atoms with Gasteiger partial charge in [0.15, 0.2) is 17.4 Å². The van der Waals surface area contributed by atoms with Crippen LogP contribution < -0.4 is 10.2 Å². The second-order valence-electron chi connectivity index (χ2n) is 6.26. The highest BCUT2D eigenvalue weighted by molar-refractivity contribution is 5.91. The van der Waals surface area contributed by atoms with Crippen molar-refractivity contribution in [1.82, 2.24) is 20.5 Å². The monoisotopic (exact) mass is 313 g/mol. The molecule has 4 rings (SSSR count). The van der Waals surface area contributed by atoms with E-state index in [1.54, 1.807) is 6.92 Å². The Kier molecular flexibility index (Phi) is 3.48. The third-order valence-corrected chi connectivity index (χ3v) is 4.49. The van der Waals surface area contributed by atoms with Gasteiger partial charge in [-0.15, -0.1) is 5.10 Å². The predicted octanol–water partition coefficient (Wildman–Crippen LogP) is 1.13. The zero-order chi connectivity index (χ0) is 15.8. The molecular weight excluding hydrogens is 294 g/mol. The van der Waals surface area contributed by atoms with Gasteiger partial charge in [0.2, 0.25) is 0 Å². The highest BCUT2D eigenvalue weighted by atomic mass is 16.3. The minimum absolute atomic E-state index is 0.183. The van der Waals surface area contributed by atoms with Crippen molar-refractivity contribution in [2.75, 3.05) is 24.5 Å². The number of oxazole rings is 1. The van der Waals surface area contributed by atoms with Crippen LogP contribution in [0.1, 0.15) is 34.1 Å². The van der Waals surface area contributed by atoms with Crippen molar-refractivity contribution in [3.8, 4) is 0 Å². The number of hydrogen-bond acceptors (Lipinski definition) is 6. The molecule has 23 heavy (non-hydrogen) atoms. The number of amides is 1. The molecule has 1 aliphatic heterocycles. The fourth-order valence-electron chi connectivity index (χ4n) is 3.15. The van der Waals surface area contributed by atoms with Gasteiger partial charge < -0.3 is 14.6 Å². The summed E-state index contributed by atoms with van der Waals surface area (Å²) in [6.45, 7) is 4.15. The zero-order valence-corrected chi connectivity index (χ0v) is 13.1. The molecule has 0 radical (unpaired) electrons. The fourth-order valence-corrected chi connectivity index (χ4v) is 3.15. The van der Waals surface area contributed by atoms with E-state index in [0.717, 1.165) is 37.4 Å². The fraction of sp³-hybridized carbons (Fsp3) is 0.500. The van der Waals surface area contributed by atoms with Crippen LogP contribution in [-0.4, -0.2) is 40.7 Å². The molecule has 1 amide bonds. The number of nitrogens with one attached hydrogen (secondary N) is 1. The molecule has 3 heterocycles. The van der Waals surface area contributed by atoms with E-state index in [1.165, 1.54) is 18.2 Å². The number of fused-ring (bicyclic) bond motifs is 1. The van der Waals surface area contributed by atoms with E-state index >= 15 is 0 Å². The maximum atomic E-state index is 11.9. The maximum Gasteiger partial charge on any atom is 0.273 e. The summed E-state index contributed by atoms with van der Waals surface area (Å²) in [5, 5.41) is 11.5. The first kappa shape index (κ1) is 14.2. The molecule has 0 atom stereocenters. The Hall–Kier alpha value is -2.44. The normalized spacial score (nSPS) is 17.0. The largest absolute Gasteiger partial charge is 0.448 e. The summed E-state index contributed by atoms with van der Waals surface area (Å²) in [7, 11) is 0. The Morgan fingerprint density at radius 3 is 3.04 bits per heavy atom. The van der Waals surface area contributed by atoms with Gasteiger partial charge in [-0.3, -0.25) is 4.79 Å². The number of aromatic nitrogens is 3. The first-order chi connectivity index (χ1) is 11.2. The first-order valence-electron chi connectivity index (χ1n) is 8.00. The Bertz CT molecular complexity index is 736. The van der Waals surface area contributed by atoms with Crippen LogP contribution in [0, 0.1) is 12.8 Å². The van der Waals surface area contributed by atoms with Crippen molar-refractivity contribution < 1.29 is 9.21 Å². The van der Waals surface area contributed by atoms with Gasteiger partial charge in [0.05, 0.1) is 5.69 Å². The van der Waals surface area contributed by atoms with E-state index < -0.39 is 0 Å². The summed E-state index contributed by atoms with van der Waals surface area (Å²) < 4.78 is 5.05. The minimum Gasteiger partial charge on any atom is -0.448 e. The van der Waals surface area contributed by atoms with E-state index in [4.69, 9.17) is 4.42 Å². The number of hydrogen-bond donors (Lipinski definition) is 1. The van der Waals surface area contributed by atoms with Gasteiger partial charge in [0.25, 0.3) is 5.91 Å². The molecule has 0 bridgehead atoms. The Balaban J connectivity index is 1.28. The average Bonchev–Trinajstić information content (AvgIpc) is 3.13. The van der Waals surface area contributed by atoms with Gasteiger partial charge in [-0.25, -0.2) is 4.98 Å². The second-order valence-corrected chi connectivity index (χ2v) is 6.26.